The molecule has 0 atom stereocenters. The van der Waals surface area contributed by atoms with E-state index in [0.717, 1.165) is 11.3 Å². The minimum atomic E-state index is -0.132. The van der Waals surface area contributed by atoms with Gasteiger partial charge in [-0.15, -0.1) is 0 Å². The van der Waals surface area contributed by atoms with Crippen molar-refractivity contribution in [2.45, 2.75) is 13.8 Å². The minimum absolute atomic E-state index is 0.0734. The molecule has 3 rings (SSSR count). The maximum atomic E-state index is 12.5. The van der Waals surface area contributed by atoms with E-state index in [2.05, 4.69) is 9.98 Å². The van der Waals surface area contributed by atoms with Gasteiger partial charge in [-0.25, -0.2) is 9.98 Å². The first-order chi connectivity index (χ1) is 12.5. The van der Waals surface area contributed by atoms with Crippen LogP contribution in [0.5, 0.6) is 11.5 Å². The van der Waals surface area contributed by atoms with Crippen molar-refractivity contribution >= 4 is 34.7 Å². The van der Waals surface area contributed by atoms with Gasteiger partial charge in [0, 0.05) is 12.7 Å². The van der Waals surface area contributed by atoms with Crippen LogP contribution >= 0.6 is 11.8 Å². The molecular weight excluding hydrogens is 350 g/mol. The summed E-state index contributed by atoms with van der Waals surface area (Å²) in [5.74, 6) is 0.900. The van der Waals surface area contributed by atoms with Gasteiger partial charge in [0.15, 0.2) is 22.5 Å². The number of amidine groups is 1. The predicted molar refractivity (Wildman–Crippen MR) is 104 cm³/mol. The van der Waals surface area contributed by atoms with E-state index in [1.807, 2.05) is 26.0 Å². The number of thioether (sulfide) groups is 1. The third-order valence-electron chi connectivity index (χ3n) is 3.67. The number of aromatic nitrogens is 1. The smallest absolute Gasteiger partial charge is 0.266 e. The van der Waals surface area contributed by atoms with E-state index in [0.29, 0.717) is 28.2 Å². The Kier molecular flexibility index (Phi) is 5.27. The van der Waals surface area contributed by atoms with Gasteiger partial charge in [-0.2, -0.15) is 0 Å². The number of amides is 1. The number of pyridine rings is 1. The van der Waals surface area contributed by atoms with Gasteiger partial charge in [0.25, 0.3) is 5.91 Å². The van der Waals surface area contributed by atoms with E-state index >= 15 is 0 Å². The molecule has 0 spiro atoms. The summed E-state index contributed by atoms with van der Waals surface area (Å²) in [6.07, 6.45) is 1.76. The van der Waals surface area contributed by atoms with Gasteiger partial charge in [-0.05, 0) is 61.5 Å². The van der Waals surface area contributed by atoms with E-state index in [1.54, 1.807) is 37.4 Å². The topological polar surface area (TPSA) is 75.0 Å². The van der Waals surface area contributed by atoms with Crippen molar-refractivity contribution in [1.29, 1.82) is 0 Å². The quantitative estimate of drug-likeness (QED) is 0.831. The van der Waals surface area contributed by atoms with Crippen molar-refractivity contribution in [3.05, 3.63) is 52.6 Å². The highest BCUT2D eigenvalue weighted by Crippen LogP contribution is 2.34. The first-order valence-corrected chi connectivity index (χ1v) is 8.95. The van der Waals surface area contributed by atoms with Gasteiger partial charge in [0.05, 0.1) is 11.5 Å². The molecule has 0 radical (unpaired) electrons. The van der Waals surface area contributed by atoms with E-state index in [1.165, 1.54) is 16.7 Å². The summed E-state index contributed by atoms with van der Waals surface area (Å²) in [5, 5.41) is 10.4. The van der Waals surface area contributed by atoms with Crippen molar-refractivity contribution < 1.29 is 14.6 Å². The summed E-state index contributed by atoms with van der Waals surface area (Å²) in [6, 6.07) is 10.6. The second-order valence-electron chi connectivity index (χ2n) is 5.67. The maximum absolute atomic E-state index is 12.5. The average Bonchev–Trinajstić information content (AvgIpc) is 2.86. The summed E-state index contributed by atoms with van der Waals surface area (Å²) in [5.41, 5.74) is 1.64. The molecule has 0 unspecified atom stereocenters. The maximum Gasteiger partial charge on any atom is 0.266 e. The summed E-state index contributed by atoms with van der Waals surface area (Å²) >= 11 is 1.29. The van der Waals surface area contributed by atoms with Gasteiger partial charge < -0.3 is 9.84 Å². The number of hydrogen-bond donors (Lipinski definition) is 1. The van der Waals surface area contributed by atoms with Gasteiger partial charge >= 0.3 is 0 Å². The number of likely N-dealkylation sites (N-methyl/N-ethyl adjacent to an activating group) is 1. The number of aliphatic imine (C=N–C) groups is 1. The summed E-state index contributed by atoms with van der Waals surface area (Å²) in [6.45, 7) is 4.19. The lowest BCUT2D eigenvalue weighted by molar-refractivity contribution is -0.121. The first kappa shape index (κ1) is 18.0. The molecule has 0 bridgehead atoms. The second kappa shape index (κ2) is 7.61. The zero-order valence-corrected chi connectivity index (χ0v) is 15.6. The van der Waals surface area contributed by atoms with Crippen molar-refractivity contribution in [1.82, 2.24) is 9.88 Å². The van der Waals surface area contributed by atoms with Crippen LogP contribution in [0.1, 0.15) is 18.2 Å². The van der Waals surface area contributed by atoms with Gasteiger partial charge in [0.2, 0.25) is 0 Å². The number of phenols is 1. The first-order valence-electron chi connectivity index (χ1n) is 8.13. The molecule has 1 aromatic heterocycles. The van der Waals surface area contributed by atoms with Crippen LogP contribution in [-0.2, 0) is 4.79 Å². The fourth-order valence-corrected chi connectivity index (χ4v) is 3.36. The molecule has 1 aromatic carbocycles. The molecule has 1 N–H and O–H groups in total. The van der Waals surface area contributed by atoms with Crippen molar-refractivity contribution in [2.75, 3.05) is 13.7 Å². The molecule has 134 valence electrons. The highest BCUT2D eigenvalue weighted by atomic mass is 32.2. The Labute approximate surface area is 156 Å². The van der Waals surface area contributed by atoms with Crippen LogP contribution in [0.25, 0.3) is 6.08 Å². The van der Waals surface area contributed by atoms with Gasteiger partial charge in [0.1, 0.15) is 0 Å². The molecule has 6 nitrogen and oxygen atoms in total. The van der Waals surface area contributed by atoms with Crippen molar-refractivity contribution in [3.63, 3.8) is 0 Å². The Morgan fingerprint density at radius 2 is 2.15 bits per heavy atom. The zero-order valence-electron chi connectivity index (χ0n) is 14.8. The van der Waals surface area contributed by atoms with Crippen LogP contribution in [0, 0.1) is 6.92 Å². The number of carbonyl (C=O) groups excluding carboxylic acids is 1. The Hall–Kier alpha value is -2.80. The average molecular weight is 369 g/mol. The summed E-state index contributed by atoms with van der Waals surface area (Å²) < 4.78 is 5.39. The van der Waals surface area contributed by atoms with Crippen LogP contribution in [0.3, 0.4) is 0 Å². The van der Waals surface area contributed by atoms with Crippen LogP contribution in [0.15, 0.2) is 46.3 Å². The number of ether oxygens (including phenoxy) is 1. The lowest BCUT2D eigenvalue weighted by Crippen LogP contribution is -2.23. The van der Waals surface area contributed by atoms with Crippen molar-refractivity contribution in [2.24, 2.45) is 4.99 Å². The van der Waals surface area contributed by atoms with Gasteiger partial charge in [-0.3, -0.25) is 9.69 Å². The third-order valence-corrected chi connectivity index (χ3v) is 4.73. The van der Waals surface area contributed by atoms with Crippen molar-refractivity contribution in [3.8, 4) is 11.5 Å². The fourth-order valence-electron chi connectivity index (χ4n) is 2.38. The van der Waals surface area contributed by atoms with E-state index < -0.39 is 0 Å². The van der Waals surface area contributed by atoms with Crippen LogP contribution in [0.4, 0.5) is 5.82 Å². The molecule has 1 amide bonds. The zero-order chi connectivity index (χ0) is 18.7. The number of nitrogens with zero attached hydrogens (tertiary/aromatic N) is 3. The summed E-state index contributed by atoms with van der Waals surface area (Å²) in [4.78, 5) is 23.4. The molecule has 1 aliphatic heterocycles. The molecule has 2 aromatic rings. The minimum Gasteiger partial charge on any atom is -0.504 e. The number of carbonyl (C=O) groups is 1. The SMILES string of the molecule is CCOc1cc(/C=C2\S/C(=N/c3cccc(C)n3)N(C)C2=O)ccc1O. The number of rotatable bonds is 4. The Bertz CT molecular complexity index is 909. The number of aromatic hydroxyl groups is 1. The molecule has 0 aliphatic carbocycles. The molecule has 7 heteroatoms. The number of benzene rings is 1. The molecule has 1 saturated heterocycles. The third kappa shape index (κ3) is 3.88. The molecule has 1 aliphatic rings. The second-order valence-corrected chi connectivity index (χ2v) is 6.68. The Morgan fingerprint density at radius 1 is 1.35 bits per heavy atom. The van der Waals surface area contributed by atoms with Crippen LogP contribution < -0.4 is 4.74 Å². The largest absolute Gasteiger partial charge is 0.504 e. The van der Waals surface area contributed by atoms with Gasteiger partial charge in [-0.1, -0.05) is 12.1 Å². The molecular formula is C19H19N3O3S. The molecule has 2 heterocycles. The fraction of sp³-hybridized carbons (Fsp3) is 0.211. The Balaban J connectivity index is 1.89. The lowest BCUT2D eigenvalue weighted by atomic mass is 10.2. The molecule has 26 heavy (non-hydrogen) atoms. The normalized spacial score (nSPS) is 17.3. The van der Waals surface area contributed by atoms with E-state index in [-0.39, 0.29) is 11.7 Å². The number of hydrogen-bond acceptors (Lipinski definition) is 6. The lowest BCUT2D eigenvalue weighted by Gasteiger charge is -2.07. The standard InChI is InChI=1S/C19H19N3O3S/c1-4-25-15-10-13(8-9-14(15)23)11-16-18(24)22(3)19(26-16)21-17-7-5-6-12(2)20-17/h5-11,23H,4H2,1-3H3/b16-11-,21-19+. The van der Waals surface area contributed by atoms with E-state index in [9.17, 15) is 9.90 Å². The highest BCUT2D eigenvalue weighted by Gasteiger charge is 2.30. The molecule has 0 saturated carbocycles. The van der Waals surface area contributed by atoms with Crippen LogP contribution in [0.2, 0.25) is 0 Å². The van der Waals surface area contributed by atoms with Crippen LogP contribution in [-0.4, -0.2) is 39.7 Å². The number of phenolic OH excluding ortho intramolecular Hbond substituents is 1. The highest BCUT2D eigenvalue weighted by molar-refractivity contribution is 8.18. The van der Waals surface area contributed by atoms with E-state index in [4.69, 9.17) is 4.74 Å². The monoisotopic (exact) mass is 369 g/mol. The summed E-state index contributed by atoms with van der Waals surface area (Å²) in [7, 11) is 1.69. The molecule has 1 fully saturated rings. The Morgan fingerprint density at radius 3 is 2.88 bits per heavy atom. The predicted octanol–water partition coefficient (Wildman–Crippen LogP) is 3.73. The number of aryl methyl sites for hydroxylation is 1.